The van der Waals surface area contributed by atoms with Gasteiger partial charge >= 0.3 is 5.97 Å². The van der Waals surface area contributed by atoms with Gasteiger partial charge in [-0.15, -0.1) is 0 Å². The van der Waals surface area contributed by atoms with Crippen LogP contribution in [0.2, 0.25) is 0 Å². The van der Waals surface area contributed by atoms with Crippen molar-refractivity contribution in [3.63, 3.8) is 0 Å². The van der Waals surface area contributed by atoms with Gasteiger partial charge in [-0.25, -0.2) is 13.4 Å². The summed E-state index contributed by atoms with van der Waals surface area (Å²) in [6.07, 6.45) is 1.00. The van der Waals surface area contributed by atoms with Gasteiger partial charge in [-0.2, -0.15) is 0 Å². The Bertz CT molecular complexity index is 910. The van der Waals surface area contributed by atoms with Gasteiger partial charge in [0.1, 0.15) is 6.54 Å². The number of carbonyl (C=O) groups excluding carboxylic acids is 2. The molecule has 2 rings (SSSR count). The molecule has 1 amide bonds. The van der Waals surface area contributed by atoms with Gasteiger partial charge in [0.05, 0.1) is 16.9 Å². The predicted molar refractivity (Wildman–Crippen MR) is 86.9 cm³/mol. The molecule has 0 bridgehead atoms. The molecule has 8 nitrogen and oxygen atoms in total. The molecule has 1 heterocycles. The van der Waals surface area contributed by atoms with Gasteiger partial charge in [0.2, 0.25) is 9.84 Å². The first-order chi connectivity index (χ1) is 11.8. The zero-order valence-electron chi connectivity index (χ0n) is 13.5. The summed E-state index contributed by atoms with van der Waals surface area (Å²) in [5.74, 6) is -2.07. The third kappa shape index (κ3) is 3.77. The van der Waals surface area contributed by atoms with Gasteiger partial charge in [-0.3, -0.25) is 9.59 Å². The molecule has 25 heavy (non-hydrogen) atoms. The van der Waals surface area contributed by atoms with E-state index < -0.39 is 34.0 Å². The fourth-order valence-electron chi connectivity index (χ4n) is 2.05. The zero-order chi connectivity index (χ0) is 18.6. The highest BCUT2D eigenvalue weighted by molar-refractivity contribution is 7.91. The van der Waals surface area contributed by atoms with Crippen molar-refractivity contribution in [2.45, 2.75) is 16.7 Å². The lowest BCUT2D eigenvalue weighted by Gasteiger charge is -2.12. The lowest BCUT2D eigenvalue weighted by atomic mass is 10.2. The molecular weight excluding hydrogens is 348 g/mol. The minimum absolute atomic E-state index is 0.0120. The van der Waals surface area contributed by atoms with E-state index in [1.807, 2.05) is 0 Å². The van der Waals surface area contributed by atoms with Crippen LogP contribution in [0.4, 0.5) is 0 Å². The topological polar surface area (TPSA) is 123 Å². The van der Waals surface area contributed by atoms with Crippen LogP contribution in [0.15, 0.2) is 46.3 Å². The molecule has 9 heteroatoms. The lowest BCUT2D eigenvalue weighted by Crippen LogP contribution is -2.31. The van der Waals surface area contributed by atoms with Crippen molar-refractivity contribution in [2.24, 2.45) is 0 Å². The van der Waals surface area contributed by atoms with E-state index >= 15 is 0 Å². The summed E-state index contributed by atoms with van der Waals surface area (Å²) in [5, 5.41) is 12.4. The molecule has 2 aromatic rings. The Morgan fingerprint density at radius 1 is 1.24 bits per heavy atom. The molecule has 1 aromatic heterocycles. The Morgan fingerprint density at radius 2 is 1.88 bits per heavy atom. The molecule has 0 radical (unpaired) electrons. The van der Waals surface area contributed by atoms with Crippen LogP contribution >= 0.6 is 0 Å². The molecule has 0 aliphatic rings. The number of pyridine rings is 1. The number of sulfone groups is 1. The third-order valence-corrected chi connectivity index (χ3v) is 5.32. The van der Waals surface area contributed by atoms with Gasteiger partial charge < -0.3 is 15.2 Å². The van der Waals surface area contributed by atoms with Gasteiger partial charge in [-0.05, 0) is 19.1 Å². The average Bonchev–Trinajstić information content (AvgIpc) is 2.62. The summed E-state index contributed by atoms with van der Waals surface area (Å²) in [6.45, 7) is 0.962. The molecule has 0 spiro atoms. The van der Waals surface area contributed by atoms with Crippen molar-refractivity contribution in [3.8, 4) is 5.75 Å². The van der Waals surface area contributed by atoms with Crippen molar-refractivity contribution < 1.29 is 27.9 Å². The van der Waals surface area contributed by atoms with E-state index in [0.29, 0.717) is 0 Å². The zero-order valence-corrected chi connectivity index (χ0v) is 14.3. The maximum atomic E-state index is 12.6. The Kier molecular flexibility index (Phi) is 5.38. The predicted octanol–water partition coefficient (Wildman–Crippen LogP) is 0.831. The van der Waals surface area contributed by atoms with Crippen LogP contribution in [-0.4, -0.2) is 44.0 Å². The molecule has 0 aliphatic heterocycles. The minimum Gasteiger partial charge on any atom is -0.505 e. The number of methoxy groups -OCH3 is 1. The summed E-state index contributed by atoms with van der Waals surface area (Å²) in [5.41, 5.74) is -0.393. The van der Waals surface area contributed by atoms with E-state index in [4.69, 9.17) is 0 Å². The summed E-state index contributed by atoms with van der Waals surface area (Å²) in [4.78, 5) is 26.6. The maximum Gasteiger partial charge on any atom is 0.325 e. The van der Waals surface area contributed by atoms with Crippen LogP contribution in [0.25, 0.3) is 0 Å². The molecule has 0 fully saturated rings. The van der Waals surface area contributed by atoms with E-state index in [-0.39, 0.29) is 21.0 Å². The normalized spacial score (nSPS) is 11.0. The van der Waals surface area contributed by atoms with Crippen molar-refractivity contribution in [3.05, 3.63) is 47.8 Å². The number of hydrogen-bond donors (Lipinski definition) is 2. The maximum absolute atomic E-state index is 12.6. The average molecular weight is 364 g/mol. The van der Waals surface area contributed by atoms with E-state index in [1.54, 1.807) is 18.2 Å². The van der Waals surface area contributed by atoms with E-state index in [0.717, 1.165) is 13.3 Å². The minimum atomic E-state index is -3.89. The molecule has 2 N–H and O–H groups in total. The number of amides is 1. The van der Waals surface area contributed by atoms with Crippen LogP contribution in [0.5, 0.6) is 5.75 Å². The number of aromatic nitrogens is 1. The summed E-state index contributed by atoms with van der Waals surface area (Å²) < 4.78 is 29.6. The molecule has 0 saturated carbocycles. The van der Waals surface area contributed by atoms with Crippen LogP contribution in [0, 0.1) is 6.92 Å². The number of nitrogens with zero attached hydrogens (tertiary/aromatic N) is 1. The molecule has 0 atom stereocenters. The molecule has 132 valence electrons. The number of carbonyl (C=O) groups is 2. The summed E-state index contributed by atoms with van der Waals surface area (Å²) >= 11 is 0. The fraction of sp³-hybridized carbons (Fsp3) is 0.188. The Balaban J connectivity index is 2.38. The molecule has 0 saturated heterocycles. The van der Waals surface area contributed by atoms with Crippen molar-refractivity contribution in [2.75, 3.05) is 13.7 Å². The van der Waals surface area contributed by atoms with Gasteiger partial charge in [0.15, 0.2) is 11.4 Å². The highest BCUT2D eigenvalue weighted by Crippen LogP contribution is 2.30. The smallest absolute Gasteiger partial charge is 0.325 e. The quantitative estimate of drug-likeness (QED) is 0.753. The molecular formula is C16H16N2O6S. The first-order valence-electron chi connectivity index (χ1n) is 7.12. The number of ether oxygens (including phenoxy) is 1. The Hall–Kier alpha value is -2.94. The van der Waals surface area contributed by atoms with Crippen LogP contribution in [0.3, 0.4) is 0 Å². The summed E-state index contributed by atoms with van der Waals surface area (Å²) in [6, 6.07) is 7.66. The Morgan fingerprint density at radius 3 is 2.48 bits per heavy atom. The van der Waals surface area contributed by atoms with E-state index in [1.165, 1.54) is 19.1 Å². The highest BCUT2D eigenvalue weighted by atomic mass is 32.2. The number of esters is 1. The molecule has 1 aromatic carbocycles. The van der Waals surface area contributed by atoms with E-state index in [9.17, 15) is 23.1 Å². The van der Waals surface area contributed by atoms with Crippen LogP contribution < -0.4 is 5.32 Å². The Labute approximate surface area is 144 Å². The van der Waals surface area contributed by atoms with Crippen molar-refractivity contribution in [1.82, 2.24) is 10.3 Å². The number of benzene rings is 1. The number of nitrogens with one attached hydrogen (secondary N) is 1. The van der Waals surface area contributed by atoms with E-state index in [2.05, 4.69) is 15.0 Å². The molecule has 0 aliphatic carbocycles. The SMILES string of the molecule is COC(=O)CNC(=O)c1ncc(S(=O)(=O)c2ccccc2)c(C)c1O. The molecule has 0 unspecified atom stereocenters. The fourth-order valence-corrected chi connectivity index (χ4v) is 3.51. The van der Waals surface area contributed by atoms with Gasteiger partial charge in [-0.1, -0.05) is 18.2 Å². The van der Waals surface area contributed by atoms with Crippen molar-refractivity contribution >= 4 is 21.7 Å². The summed E-state index contributed by atoms with van der Waals surface area (Å²) in [7, 11) is -2.73. The van der Waals surface area contributed by atoms with Gasteiger partial charge in [0.25, 0.3) is 5.91 Å². The second-order valence-corrected chi connectivity index (χ2v) is 6.94. The number of aromatic hydroxyl groups is 1. The second-order valence-electron chi connectivity index (χ2n) is 5.02. The van der Waals surface area contributed by atoms with Crippen molar-refractivity contribution in [1.29, 1.82) is 0 Å². The standard InChI is InChI=1S/C16H16N2O6S/c1-10-12(25(22,23)11-6-4-3-5-7-11)8-17-14(15(10)20)16(21)18-9-13(19)24-2/h3-8,20H,9H2,1-2H3,(H,18,21). The second kappa shape index (κ2) is 7.31. The number of rotatable bonds is 5. The first kappa shape index (κ1) is 18.4. The largest absolute Gasteiger partial charge is 0.505 e. The lowest BCUT2D eigenvalue weighted by molar-refractivity contribution is -0.139. The first-order valence-corrected chi connectivity index (χ1v) is 8.61. The van der Waals surface area contributed by atoms with Crippen LogP contribution in [0.1, 0.15) is 16.1 Å². The third-order valence-electron chi connectivity index (χ3n) is 3.44. The van der Waals surface area contributed by atoms with Gasteiger partial charge in [0, 0.05) is 11.8 Å². The van der Waals surface area contributed by atoms with Crippen LogP contribution in [-0.2, 0) is 19.4 Å². The monoisotopic (exact) mass is 364 g/mol. The highest BCUT2D eigenvalue weighted by Gasteiger charge is 2.25. The number of hydrogen-bond acceptors (Lipinski definition) is 7.